The summed E-state index contributed by atoms with van der Waals surface area (Å²) in [7, 11) is 0. The largest absolute Gasteiger partial charge is 0.456 e. The summed E-state index contributed by atoms with van der Waals surface area (Å²) in [5.41, 5.74) is 1.91. The van der Waals surface area contributed by atoms with E-state index in [2.05, 4.69) is 31.9 Å². The maximum absolute atomic E-state index is 9.81. The van der Waals surface area contributed by atoms with E-state index in [-0.39, 0.29) is 0 Å². The number of hydrogen-bond donors (Lipinski definition) is 1. The fraction of sp³-hybridized carbons (Fsp3) is 0.200. The Labute approximate surface area is 129 Å². The SMILES string of the molecule is Cc1ccc(Oc2ccc(Br)cc2C(C)O)c(Br)c1. The highest BCUT2D eigenvalue weighted by molar-refractivity contribution is 9.10. The molecule has 0 aliphatic heterocycles. The monoisotopic (exact) mass is 384 g/mol. The third kappa shape index (κ3) is 3.59. The van der Waals surface area contributed by atoms with Crippen LogP contribution in [-0.4, -0.2) is 5.11 Å². The number of hydrogen-bond acceptors (Lipinski definition) is 2. The molecule has 0 radical (unpaired) electrons. The zero-order chi connectivity index (χ0) is 14.0. The molecule has 1 N–H and O–H groups in total. The molecule has 0 heterocycles. The van der Waals surface area contributed by atoms with Gasteiger partial charge in [-0.25, -0.2) is 0 Å². The Bertz CT molecular complexity index is 595. The molecule has 2 rings (SSSR count). The molecule has 1 unspecified atom stereocenters. The molecule has 0 fully saturated rings. The van der Waals surface area contributed by atoms with E-state index in [0.29, 0.717) is 5.75 Å². The van der Waals surface area contributed by atoms with E-state index in [1.807, 2.05) is 43.3 Å². The van der Waals surface area contributed by atoms with Crippen LogP contribution in [0.3, 0.4) is 0 Å². The Morgan fingerprint density at radius 1 is 1.05 bits per heavy atom. The molecule has 0 spiro atoms. The van der Waals surface area contributed by atoms with E-state index in [0.717, 1.165) is 25.8 Å². The van der Waals surface area contributed by atoms with Crippen molar-refractivity contribution in [1.29, 1.82) is 0 Å². The Morgan fingerprint density at radius 3 is 2.37 bits per heavy atom. The van der Waals surface area contributed by atoms with Crippen LogP contribution in [0, 0.1) is 6.92 Å². The summed E-state index contributed by atoms with van der Waals surface area (Å²) in [5, 5.41) is 9.81. The van der Waals surface area contributed by atoms with Crippen LogP contribution < -0.4 is 4.74 Å². The first kappa shape index (κ1) is 14.6. The molecule has 0 saturated heterocycles. The minimum Gasteiger partial charge on any atom is -0.456 e. The minimum atomic E-state index is -0.586. The molecular formula is C15H14Br2O2. The summed E-state index contributed by atoms with van der Waals surface area (Å²) in [6.07, 6.45) is -0.586. The lowest BCUT2D eigenvalue weighted by molar-refractivity contribution is 0.195. The summed E-state index contributed by atoms with van der Waals surface area (Å²) >= 11 is 6.88. The molecule has 0 aromatic heterocycles. The first-order valence-corrected chi connectivity index (χ1v) is 7.47. The summed E-state index contributed by atoms with van der Waals surface area (Å²) < 4.78 is 7.69. The topological polar surface area (TPSA) is 29.5 Å². The standard InChI is InChI=1S/C15H14Br2O2/c1-9-3-5-15(13(17)7-9)19-14-6-4-11(16)8-12(14)10(2)18/h3-8,10,18H,1-2H3. The molecule has 4 heteroatoms. The summed E-state index contributed by atoms with van der Waals surface area (Å²) in [4.78, 5) is 0. The molecule has 100 valence electrons. The van der Waals surface area contributed by atoms with Gasteiger partial charge in [-0.3, -0.25) is 0 Å². The van der Waals surface area contributed by atoms with E-state index < -0.39 is 6.10 Å². The maximum Gasteiger partial charge on any atom is 0.141 e. The van der Waals surface area contributed by atoms with E-state index in [1.54, 1.807) is 6.92 Å². The predicted molar refractivity (Wildman–Crippen MR) is 83.7 cm³/mol. The van der Waals surface area contributed by atoms with Crippen LogP contribution in [0.25, 0.3) is 0 Å². The lowest BCUT2D eigenvalue weighted by Gasteiger charge is -2.14. The number of halogens is 2. The number of rotatable bonds is 3. The van der Waals surface area contributed by atoms with E-state index in [9.17, 15) is 5.11 Å². The van der Waals surface area contributed by atoms with Crippen molar-refractivity contribution in [2.24, 2.45) is 0 Å². The van der Waals surface area contributed by atoms with Gasteiger partial charge in [0.25, 0.3) is 0 Å². The van der Waals surface area contributed by atoms with Crippen molar-refractivity contribution in [3.05, 3.63) is 56.5 Å². The second-order valence-electron chi connectivity index (χ2n) is 4.39. The summed E-state index contributed by atoms with van der Waals surface area (Å²) in [6.45, 7) is 3.74. The molecule has 2 aromatic carbocycles. The van der Waals surface area contributed by atoms with Gasteiger partial charge in [0.05, 0.1) is 10.6 Å². The summed E-state index contributed by atoms with van der Waals surface area (Å²) in [5.74, 6) is 1.39. The highest BCUT2D eigenvalue weighted by Gasteiger charge is 2.12. The Balaban J connectivity index is 2.38. The van der Waals surface area contributed by atoms with Crippen molar-refractivity contribution >= 4 is 31.9 Å². The fourth-order valence-electron chi connectivity index (χ4n) is 1.75. The van der Waals surface area contributed by atoms with Gasteiger partial charge in [0.15, 0.2) is 0 Å². The first-order valence-electron chi connectivity index (χ1n) is 5.89. The van der Waals surface area contributed by atoms with Crippen molar-refractivity contribution in [2.75, 3.05) is 0 Å². The number of benzene rings is 2. The minimum absolute atomic E-state index is 0.586. The maximum atomic E-state index is 9.81. The third-order valence-electron chi connectivity index (χ3n) is 2.73. The van der Waals surface area contributed by atoms with Crippen molar-refractivity contribution in [2.45, 2.75) is 20.0 Å². The highest BCUT2D eigenvalue weighted by atomic mass is 79.9. The van der Waals surface area contributed by atoms with Gasteiger partial charge in [-0.2, -0.15) is 0 Å². The van der Waals surface area contributed by atoms with Crippen molar-refractivity contribution in [1.82, 2.24) is 0 Å². The average molecular weight is 386 g/mol. The number of aliphatic hydroxyl groups is 1. The van der Waals surface area contributed by atoms with E-state index >= 15 is 0 Å². The smallest absolute Gasteiger partial charge is 0.141 e. The fourth-order valence-corrected chi connectivity index (χ4v) is 2.70. The molecule has 0 amide bonds. The van der Waals surface area contributed by atoms with Gasteiger partial charge in [0, 0.05) is 10.0 Å². The van der Waals surface area contributed by atoms with Gasteiger partial charge in [0.1, 0.15) is 11.5 Å². The van der Waals surface area contributed by atoms with Crippen LogP contribution in [0.1, 0.15) is 24.2 Å². The Hall–Kier alpha value is -0.840. The van der Waals surface area contributed by atoms with Gasteiger partial charge in [-0.05, 0) is 65.7 Å². The number of ether oxygens (including phenoxy) is 1. The van der Waals surface area contributed by atoms with E-state index in [4.69, 9.17) is 4.74 Å². The quantitative estimate of drug-likeness (QED) is 0.769. The predicted octanol–water partition coefficient (Wildman–Crippen LogP) is 5.37. The second-order valence-corrected chi connectivity index (χ2v) is 6.16. The van der Waals surface area contributed by atoms with Crippen LogP contribution in [0.15, 0.2) is 45.3 Å². The average Bonchev–Trinajstić information content (AvgIpc) is 2.34. The highest BCUT2D eigenvalue weighted by Crippen LogP contribution is 2.35. The van der Waals surface area contributed by atoms with Gasteiger partial charge in [-0.15, -0.1) is 0 Å². The van der Waals surface area contributed by atoms with Crippen molar-refractivity contribution in [3.63, 3.8) is 0 Å². The molecule has 0 aliphatic carbocycles. The zero-order valence-electron chi connectivity index (χ0n) is 10.7. The van der Waals surface area contributed by atoms with Crippen LogP contribution in [0.2, 0.25) is 0 Å². The lowest BCUT2D eigenvalue weighted by atomic mass is 10.1. The second kappa shape index (κ2) is 6.07. The van der Waals surface area contributed by atoms with Crippen molar-refractivity contribution in [3.8, 4) is 11.5 Å². The van der Waals surface area contributed by atoms with E-state index in [1.165, 1.54) is 0 Å². The van der Waals surface area contributed by atoms with Crippen LogP contribution in [0.5, 0.6) is 11.5 Å². The first-order chi connectivity index (χ1) is 8.97. The van der Waals surface area contributed by atoms with Crippen molar-refractivity contribution < 1.29 is 9.84 Å². The normalized spacial score (nSPS) is 12.3. The molecule has 0 bridgehead atoms. The zero-order valence-corrected chi connectivity index (χ0v) is 13.8. The van der Waals surface area contributed by atoms with Crippen LogP contribution in [0.4, 0.5) is 0 Å². The number of aryl methyl sites for hydroxylation is 1. The molecular weight excluding hydrogens is 372 g/mol. The van der Waals surface area contributed by atoms with Gasteiger partial charge in [-0.1, -0.05) is 22.0 Å². The Morgan fingerprint density at radius 2 is 1.74 bits per heavy atom. The van der Waals surface area contributed by atoms with Crippen LogP contribution >= 0.6 is 31.9 Å². The van der Waals surface area contributed by atoms with Gasteiger partial charge in [0.2, 0.25) is 0 Å². The number of aliphatic hydroxyl groups excluding tert-OH is 1. The molecule has 2 nitrogen and oxygen atoms in total. The van der Waals surface area contributed by atoms with Gasteiger partial charge < -0.3 is 9.84 Å². The Kier molecular flexibility index (Phi) is 4.66. The molecule has 1 atom stereocenters. The lowest BCUT2D eigenvalue weighted by Crippen LogP contribution is -1.96. The van der Waals surface area contributed by atoms with Gasteiger partial charge >= 0.3 is 0 Å². The van der Waals surface area contributed by atoms with Crippen LogP contribution in [-0.2, 0) is 0 Å². The molecule has 19 heavy (non-hydrogen) atoms. The molecule has 0 aliphatic rings. The molecule has 2 aromatic rings. The third-order valence-corrected chi connectivity index (χ3v) is 3.84. The molecule has 0 saturated carbocycles. The summed E-state index contributed by atoms with van der Waals surface area (Å²) in [6, 6.07) is 11.5.